The minimum atomic E-state index is 0. The molecular formula is C44H47IrN2O2-. The number of rotatable bonds is 8. The van der Waals surface area contributed by atoms with Crippen molar-refractivity contribution in [2.24, 2.45) is 11.8 Å². The Labute approximate surface area is 303 Å². The topological polar surface area (TPSA) is 54.6 Å². The molecule has 3 heterocycles. The van der Waals surface area contributed by atoms with E-state index >= 15 is 0 Å². The average molecular weight is 828 g/mol. The van der Waals surface area contributed by atoms with Crippen molar-refractivity contribution in [2.45, 2.75) is 79.6 Å². The number of hydrogen-bond donors (Lipinski definition) is 1. The molecule has 0 amide bonds. The van der Waals surface area contributed by atoms with Gasteiger partial charge < -0.3 is 9.51 Å². The summed E-state index contributed by atoms with van der Waals surface area (Å²) >= 11 is 0. The number of para-hydroxylation sites is 2. The maximum absolute atomic E-state index is 11.7. The summed E-state index contributed by atoms with van der Waals surface area (Å²) in [6.07, 6.45) is 6.85. The van der Waals surface area contributed by atoms with E-state index in [9.17, 15) is 9.90 Å². The number of fused-ring (bicyclic) bond motifs is 7. The monoisotopic (exact) mass is 828 g/mol. The number of pyridine rings is 1. The van der Waals surface area contributed by atoms with Crippen LogP contribution < -0.4 is 0 Å². The first kappa shape index (κ1) is 36.2. The van der Waals surface area contributed by atoms with Gasteiger partial charge in [0.1, 0.15) is 0 Å². The molecule has 255 valence electrons. The molecule has 0 atom stereocenters. The van der Waals surface area contributed by atoms with Gasteiger partial charge in [-0.05, 0) is 43.2 Å². The Kier molecular flexibility index (Phi) is 11.0. The smallest absolute Gasteiger partial charge is 0.162 e. The molecule has 4 aromatic carbocycles. The number of aliphatic hydroxyl groups excluding tert-OH is 1. The van der Waals surface area contributed by atoms with Crippen LogP contribution in [0.15, 0.2) is 96.9 Å². The molecule has 1 N–H and O–H groups in total. The van der Waals surface area contributed by atoms with Crippen molar-refractivity contribution >= 4 is 54.7 Å². The molecule has 0 aliphatic rings. The van der Waals surface area contributed by atoms with Crippen molar-refractivity contribution in [3.05, 3.63) is 109 Å². The molecule has 1 radical (unpaired) electrons. The number of aromatic nitrogens is 2. The van der Waals surface area contributed by atoms with Crippen LogP contribution in [0.25, 0.3) is 60.1 Å². The average Bonchev–Trinajstić information content (AvgIpc) is 3.61. The number of benzene rings is 4. The molecule has 0 unspecified atom stereocenters. The predicted molar refractivity (Wildman–Crippen MR) is 203 cm³/mol. The Morgan fingerprint density at radius 1 is 0.776 bits per heavy atom. The van der Waals surface area contributed by atoms with E-state index in [1.807, 2.05) is 33.9 Å². The Balaban J connectivity index is 0.000000252. The van der Waals surface area contributed by atoms with Gasteiger partial charge in [-0.25, -0.2) is 0 Å². The van der Waals surface area contributed by atoms with Gasteiger partial charge in [0.15, 0.2) is 5.78 Å². The van der Waals surface area contributed by atoms with Crippen LogP contribution in [0.1, 0.15) is 79.7 Å². The molecule has 0 fully saturated rings. The molecule has 49 heavy (non-hydrogen) atoms. The summed E-state index contributed by atoms with van der Waals surface area (Å²) in [6, 6.07) is 32.1. The molecule has 4 nitrogen and oxygen atoms in total. The van der Waals surface area contributed by atoms with Crippen molar-refractivity contribution in [1.29, 1.82) is 0 Å². The van der Waals surface area contributed by atoms with Gasteiger partial charge in [-0.1, -0.05) is 114 Å². The number of hydrogen-bond acceptors (Lipinski definition) is 3. The van der Waals surface area contributed by atoms with Crippen LogP contribution in [0.5, 0.6) is 0 Å². The van der Waals surface area contributed by atoms with Gasteiger partial charge in [-0.15, -0.1) is 29.1 Å². The summed E-state index contributed by atoms with van der Waals surface area (Å²) in [5.41, 5.74) is 7.04. The van der Waals surface area contributed by atoms with Gasteiger partial charge >= 0.3 is 0 Å². The van der Waals surface area contributed by atoms with E-state index < -0.39 is 0 Å². The molecule has 5 heteroatoms. The first-order chi connectivity index (χ1) is 23.1. The SMILES string of the molecule is CC(C)(C)c1cc(-c2nccc3c4cccc5c6ccccc6n(c23)c54)[c-]c2ccccc12.CCC(CC)C(=O)/C=C(\O)C(CC)CC.[Ir]. The standard InChI is InChI=1S/C31H23N2.C13H24O2.Ir/c1-31(2,3)26-18-20(17-19-9-4-5-10-21(19)26)28-30-25(15-16-32-28)24-13-8-12-23-22-11-6-7-14-27(22)33(30)29(23)24;1-5-10(6-2)12(14)9-13(15)11(7-3)8-4;/h4-16,18H,1-3H3;9-11,14H,5-8H2,1-4H3;/q-1;;/b;12-9-;. The third-order valence-corrected chi connectivity index (χ3v) is 10.1. The third-order valence-electron chi connectivity index (χ3n) is 10.1. The first-order valence-electron chi connectivity index (χ1n) is 17.5. The Morgan fingerprint density at radius 3 is 2.00 bits per heavy atom. The van der Waals surface area contributed by atoms with Crippen LogP contribution in [0.3, 0.4) is 0 Å². The summed E-state index contributed by atoms with van der Waals surface area (Å²) in [6.45, 7) is 14.9. The third kappa shape index (κ3) is 6.64. The van der Waals surface area contributed by atoms with Crippen molar-refractivity contribution in [3.8, 4) is 11.3 Å². The fraction of sp³-hybridized carbons (Fsp3) is 0.318. The fourth-order valence-corrected chi connectivity index (χ4v) is 7.32. The summed E-state index contributed by atoms with van der Waals surface area (Å²) in [4.78, 5) is 16.7. The fourth-order valence-electron chi connectivity index (χ4n) is 7.32. The summed E-state index contributed by atoms with van der Waals surface area (Å²) in [5, 5.41) is 17.3. The maximum atomic E-state index is 11.7. The van der Waals surface area contributed by atoms with Crippen LogP contribution in [-0.4, -0.2) is 20.3 Å². The minimum Gasteiger partial charge on any atom is -0.512 e. The minimum absolute atomic E-state index is 0. The van der Waals surface area contributed by atoms with E-state index in [0.717, 1.165) is 47.8 Å². The zero-order valence-corrected chi connectivity index (χ0v) is 32.1. The molecule has 3 aromatic heterocycles. The first-order valence-corrected chi connectivity index (χ1v) is 17.5. The Morgan fingerprint density at radius 2 is 1.35 bits per heavy atom. The summed E-state index contributed by atoms with van der Waals surface area (Å²) < 4.78 is 2.41. The molecule has 0 saturated heterocycles. The second-order valence-corrected chi connectivity index (χ2v) is 14.0. The van der Waals surface area contributed by atoms with Crippen molar-refractivity contribution in [2.75, 3.05) is 0 Å². The van der Waals surface area contributed by atoms with Crippen molar-refractivity contribution in [1.82, 2.24) is 9.38 Å². The number of nitrogens with zero attached hydrogens (tertiary/aromatic N) is 2. The van der Waals surface area contributed by atoms with E-state index in [-0.39, 0.29) is 48.9 Å². The molecule has 7 aromatic rings. The van der Waals surface area contributed by atoms with Crippen LogP contribution in [0, 0.1) is 17.9 Å². The van der Waals surface area contributed by atoms with Crippen LogP contribution in [0.2, 0.25) is 0 Å². The van der Waals surface area contributed by atoms with Gasteiger partial charge in [0, 0.05) is 77.0 Å². The van der Waals surface area contributed by atoms with E-state index in [2.05, 4.69) is 110 Å². The Hall–Kier alpha value is -4.05. The van der Waals surface area contributed by atoms with Gasteiger partial charge in [0.25, 0.3) is 0 Å². The predicted octanol–water partition coefficient (Wildman–Crippen LogP) is 12.0. The van der Waals surface area contributed by atoms with Crippen LogP contribution in [0.4, 0.5) is 0 Å². The number of carbonyl (C=O) groups is 1. The summed E-state index contributed by atoms with van der Waals surface area (Å²) in [5.74, 6) is 0.547. The van der Waals surface area contributed by atoms with E-state index in [1.165, 1.54) is 49.6 Å². The van der Waals surface area contributed by atoms with Gasteiger partial charge in [0.05, 0.1) is 16.8 Å². The number of ketones is 1. The van der Waals surface area contributed by atoms with E-state index in [4.69, 9.17) is 4.98 Å². The normalized spacial score (nSPS) is 12.4. The molecule has 0 bridgehead atoms. The quantitative estimate of drug-likeness (QED) is 0.0943. The second-order valence-electron chi connectivity index (χ2n) is 14.0. The largest absolute Gasteiger partial charge is 0.512 e. The van der Waals surface area contributed by atoms with E-state index in [1.54, 1.807) is 0 Å². The maximum Gasteiger partial charge on any atom is 0.162 e. The van der Waals surface area contributed by atoms with Crippen LogP contribution in [-0.2, 0) is 30.3 Å². The zero-order chi connectivity index (χ0) is 34.2. The Bertz CT molecular complexity index is 2270. The molecule has 0 saturated carbocycles. The van der Waals surface area contributed by atoms with Crippen LogP contribution >= 0.6 is 0 Å². The molecule has 0 aliphatic carbocycles. The van der Waals surface area contributed by atoms with Gasteiger partial charge in [-0.3, -0.25) is 9.78 Å². The second kappa shape index (κ2) is 14.8. The van der Waals surface area contributed by atoms with Gasteiger partial charge in [-0.2, -0.15) is 0 Å². The molecule has 7 rings (SSSR count). The molecule has 0 aliphatic heterocycles. The molecular weight excluding hydrogens is 781 g/mol. The van der Waals surface area contributed by atoms with Gasteiger partial charge in [0.2, 0.25) is 0 Å². The van der Waals surface area contributed by atoms with Crippen molar-refractivity contribution < 1.29 is 30.0 Å². The summed E-state index contributed by atoms with van der Waals surface area (Å²) in [7, 11) is 0. The number of allylic oxidation sites excluding steroid dienone is 2. The van der Waals surface area contributed by atoms with Crippen molar-refractivity contribution in [3.63, 3.8) is 0 Å². The van der Waals surface area contributed by atoms with E-state index in [0.29, 0.717) is 0 Å². The zero-order valence-electron chi connectivity index (χ0n) is 29.7. The number of carbonyl (C=O) groups excluding carboxylic acids is 1. The number of aliphatic hydroxyl groups is 1. The molecule has 0 spiro atoms.